The fourth-order valence-electron chi connectivity index (χ4n) is 3.81. The van der Waals surface area contributed by atoms with Crippen LogP contribution in [-0.2, 0) is 22.5 Å². The molecule has 3 rings (SSSR count). The van der Waals surface area contributed by atoms with E-state index in [0.29, 0.717) is 24.4 Å². The van der Waals surface area contributed by atoms with Crippen molar-refractivity contribution in [2.45, 2.75) is 33.7 Å². The summed E-state index contributed by atoms with van der Waals surface area (Å²) in [5, 5.41) is 3.94. The highest BCUT2D eigenvalue weighted by Gasteiger charge is 2.23. The Labute approximate surface area is 183 Å². The molecular formula is C25H30N3O3+. The van der Waals surface area contributed by atoms with E-state index in [1.54, 1.807) is 6.92 Å². The molecule has 0 radical (unpaired) electrons. The zero-order valence-electron chi connectivity index (χ0n) is 18.6. The molecule has 0 saturated carbocycles. The van der Waals surface area contributed by atoms with Gasteiger partial charge in [-0.15, -0.1) is 0 Å². The number of esters is 1. The van der Waals surface area contributed by atoms with Gasteiger partial charge in [0.15, 0.2) is 6.54 Å². The van der Waals surface area contributed by atoms with Gasteiger partial charge in [-0.05, 0) is 43.5 Å². The number of aromatic nitrogens is 1. The lowest BCUT2D eigenvalue weighted by Crippen LogP contribution is -3.08. The van der Waals surface area contributed by atoms with Crippen LogP contribution in [0, 0.1) is 6.92 Å². The number of anilines is 1. The summed E-state index contributed by atoms with van der Waals surface area (Å²) in [4.78, 5) is 31.0. The lowest BCUT2D eigenvalue weighted by atomic mass is 10.0. The van der Waals surface area contributed by atoms with Crippen molar-refractivity contribution in [3.63, 3.8) is 0 Å². The van der Waals surface area contributed by atoms with Gasteiger partial charge >= 0.3 is 5.97 Å². The number of aryl methyl sites for hydroxylation is 2. The molecule has 1 heterocycles. The Bertz CT molecular complexity index is 1090. The van der Waals surface area contributed by atoms with Crippen molar-refractivity contribution in [3.8, 4) is 0 Å². The number of fused-ring (bicyclic) bond motifs is 1. The number of amides is 1. The largest absolute Gasteiger partial charge is 0.462 e. The number of ether oxygens (including phenoxy) is 1. The Hall–Kier alpha value is -3.25. The van der Waals surface area contributed by atoms with Gasteiger partial charge in [-0.3, -0.25) is 4.79 Å². The zero-order chi connectivity index (χ0) is 22.4. The van der Waals surface area contributed by atoms with Gasteiger partial charge in [0.25, 0.3) is 5.91 Å². The van der Waals surface area contributed by atoms with Crippen molar-refractivity contribution in [2.24, 2.45) is 0 Å². The van der Waals surface area contributed by atoms with Crippen LogP contribution in [-0.4, -0.2) is 37.1 Å². The maximum absolute atomic E-state index is 12.7. The first kappa shape index (κ1) is 22.4. The standard InChI is InChI=1S/C25H29N3O3/c1-5-18-11-7-9-13-20(18)27-23(29)16-28(4)15-22-24(25(30)31-6-2)17(3)19-12-8-10-14-21(19)26-22/h7-14H,5-6,15-16H2,1-4H3,(H,27,29)/p+1. The molecule has 1 unspecified atom stereocenters. The molecule has 0 aliphatic rings. The van der Waals surface area contributed by atoms with Crippen molar-refractivity contribution in [3.05, 3.63) is 70.9 Å². The van der Waals surface area contributed by atoms with Crippen LogP contribution in [0.2, 0.25) is 0 Å². The number of carbonyl (C=O) groups is 2. The number of pyridine rings is 1. The molecule has 0 aliphatic carbocycles. The summed E-state index contributed by atoms with van der Waals surface area (Å²) in [7, 11) is 1.92. The van der Waals surface area contributed by atoms with E-state index < -0.39 is 0 Å². The van der Waals surface area contributed by atoms with E-state index in [1.807, 2.05) is 62.5 Å². The topological polar surface area (TPSA) is 72.7 Å². The molecule has 0 spiro atoms. The number of benzene rings is 2. The molecule has 0 saturated heterocycles. The minimum Gasteiger partial charge on any atom is -0.462 e. The number of hydrogen-bond donors (Lipinski definition) is 2. The summed E-state index contributed by atoms with van der Waals surface area (Å²) in [5.74, 6) is -0.448. The van der Waals surface area contributed by atoms with Gasteiger partial charge in [0, 0.05) is 11.1 Å². The molecule has 162 valence electrons. The monoisotopic (exact) mass is 420 g/mol. The van der Waals surface area contributed by atoms with Crippen LogP contribution in [0.25, 0.3) is 10.9 Å². The smallest absolute Gasteiger partial charge is 0.340 e. The number of carbonyl (C=O) groups excluding carboxylic acids is 2. The normalized spacial score (nSPS) is 11.9. The lowest BCUT2D eigenvalue weighted by Gasteiger charge is -2.18. The van der Waals surface area contributed by atoms with E-state index in [1.165, 1.54) is 0 Å². The predicted molar refractivity (Wildman–Crippen MR) is 122 cm³/mol. The Morgan fingerprint density at radius 2 is 1.77 bits per heavy atom. The molecule has 3 aromatic rings. The third kappa shape index (κ3) is 5.27. The Morgan fingerprint density at radius 3 is 2.52 bits per heavy atom. The number of rotatable bonds is 8. The second kappa shape index (κ2) is 10.2. The minimum absolute atomic E-state index is 0.0754. The SMILES string of the molecule is CCOC(=O)c1c(C[NH+](C)CC(=O)Nc2ccccc2CC)nc2ccccc2c1C. The van der Waals surface area contributed by atoms with Gasteiger partial charge in [-0.25, -0.2) is 9.78 Å². The molecule has 0 bridgehead atoms. The van der Waals surface area contributed by atoms with Crippen LogP contribution in [0.1, 0.15) is 41.0 Å². The van der Waals surface area contributed by atoms with Crippen molar-refractivity contribution in [1.29, 1.82) is 0 Å². The Balaban J connectivity index is 1.82. The van der Waals surface area contributed by atoms with E-state index in [-0.39, 0.29) is 18.4 Å². The second-order valence-electron chi connectivity index (χ2n) is 7.67. The first-order valence-electron chi connectivity index (χ1n) is 10.7. The quantitative estimate of drug-likeness (QED) is 0.550. The highest BCUT2D eigenvalue weighted by atomic mass is 16.5. The van der Waals surface area contributed by atoms with E-state index in [4.69, 9.17) is 9.72 Å². The molecule has 6 nitrogen and oxygen atoms in total. The summed E-state index contributed by atoms with van der Waals surface area (Å²) in [6.45, 7) is 6.76. The number of nitrogens with zero attached hydrogens (tertiary/aromatic N) is 1. The molecule has 2 aromatic carbocycles. The molecule has 6 heteroatoms. The highest BCUT2D eigenvalue weighted by Crippen LogP contribution is 2.23. The van der Waals surface area contributed by atoms with Gasteiger partial charge < -0.3 is 15.0 Å². The molecule has 31 heavy (non-hydrogen) atoms. The first-order valence-corrected chi connectivity index (χ1v) is 10.7. The van der Waals surface area contributed by atoms with Crippen LogP contribution in [0.3, 0.4) is 0 Å². The summed E-state index contributed by atoms with van der Waals surface area (Å²) in [5.41, 5.74) is 4.77. The second-order valence-corrected chi connectivity index (χ2v) is 7.67. The van der Waals surface area contributed by atoms with Crippen LogP contribution in [0.15, 0.2) is 48.5 Å². The van der Waals surface area contributed by atoms with Gasteiger partial charge in [0.2, 0.25) is 0 Å². The van der Waals surface area contributed by atoms with E-state index in [2.05, 4.69) is 12.2 Å². The van der Waals surface area contributed by atoms with Gasteiger partial charge in [-0.2, -0.15) is 0 Å². The van der Waals surface area contributed by atoms with Gasteiger partial charge in [0.1, 0.15) is 12.2 Å². The average Bonchev–Trinajstić information content (AvgIpc) is 2.74. The molecule has 0 fully saturated rings. The number of hydrogen-bond acceptors (Lipinski definition) is 4. The average molecular weight is 421 g/mol. The third-order valence-corrected chi connectivity index (χ3v) is 5.31. The summed E-state index contributed by atoms with van der Waals surface area (Å²) >= 11 is 0. The van der Waals surface area contributed by atoms with Crippen LogP contribution in [0.5, 0.6) is 0 Å². The summed E-state index contributed by atoms with van der Waals surface area (Å²) in [6, 6.07) is 15.6. The van der Waals surface area contributed by atoms with Crippen LogP contribution < -0.4 is 10.2 Å². The van der Waals surface area contributed by atoms with Gasteiger partial charge in [0.05, 0.1) is 24.7 Å². The molecule has 1 atom stereocenters. The zero-order valence-corrected chi connectivity index (χ0v) is 18.6. The van der Waals surface area contributed by atoms with Crippen molar-refractivity contribution in [2.75, 3.05) is 25.5 Å². The van der Waals surface area contributed by atoms with Gasteiger partial charge in [-0.1, -0.05) is 43.3 Å². The molecular weight excluding hydrogens is 390 g/mol. The maximum atomic E-state index is 12.7. The summed E-state index contributed by atoms with van der Waals surface area (Å²) in [6.07, 6.45) is 0.850. The number of quaternary nitrogens is 1. The number of likely N-dealkylation sites (N-methyl/N-ethyl adjacent to an activating group) is 1. The molecule has 0 aliphatic heterocycles. The number of nitrogens with one attached hydrogen (secondary N) is 2. The Morgan fingerprint density at radius 1 is 1.06 bits per heavy atom. The highest BCUT2D eigenvalue weighted by molar-refractivity contribution is 5.98. The number of para-hydroxylation sites is 2. The Kier molecular flexibility index (Phi) is 7.36. The first-order chi connectivity index (χ1) is 14.9. The third-order valence-electron chi connectivity index (χ3n) is 5.31. The van der Waals surface area contributed by atoms with Crippen LogP contribution in [0.4, 0.5) is 5.69 Å². The molecule has 1 amide bonds. The van der Waals surface area contributed by atoms with Crippen LogP contribution >= 0.6 is 0 Å². The fourth-order valence-corrected chi connectivity index (χ4v) is 3.81. The summed E-state index contributed by atoms with van der Waals surface area (Å²) < 4.78 is 5.30. The fraction of sp³-hybridized carbons (Fsp3) is 0.320. The van der Waals surface area contributed by atoms with E-state index in [9.17, 15) is 9.59 Å². The predicted octanol–water partition coefficient (Wildman–Crippen LogP) is 2.94. The van der Waals surface area contributed by atoms with Crippen molar-refractivity contribution in [1.82, 2.24) is 4.98 Å². The van der Waals surface area contributed by atoms with E-state index >= 15 is 0 Å². The maximum Gasteiger partial charge on any atom is 0.340 e. The molecule has 2 N–H and O–H groups in total. The van der Waals surface area contributed by atoms with Crippen molar-refractivity contribution < 1.29 is 19.2 Å². The minimum atomic E-state index is -0.373. The van der Waals surface area contributed by atoms with E-state index in [0.717, 1.165) is 39.0 Å². The lowest BCUT2D eigenvalue weighted by molar-refractivity contribution is -0.885. The molecule has 1 aromatic heterocycles. The van der Waals surface area contributed by atoms with Crippen molar-refractivity contribution >= 4 is 28.5 Å².